The van der Waals surface area contributed by atoms with E-state index in [9.17, 15) is 25.9 Å². The van der Waals surface area contributed by atoms with Crippen LogP contribution in [0.4, 0.5) is 0 Å². The zero-order chi connectivity index (χ0) is 11.5. The minimum Gasteiger partial charge on any atom is -0.759 e. The normalized spacial score (nSPS) is 12.0. The van der Waals surface area contributed by atoms with E-state index in [-0.39, 0.29) is 17.1 Å². The summed E-state index contributed by atoms with van der Waals surface area (Å²) in [4.78, 5) is 0. The SMILES string of the molecule is O=S(=O)([O-])S(=O)(=O)[O-].O=S(=O)([O-])[O-].[Mn]. The summed E-state index contributed by atoms with van der Waals surface area (Å²) in [6.45, 7) is 0. The third kappa shape index (κ3) is 18.1. The minimum atomic E-state index is -5.67. The molecule has 10 nitrogen and oxygen atoms in total. The smallest absolute Gasteiger partial charge is 0.191 e. The van der Waals surface area contributed by atoms with Crippen molar-refractivity contribution in [3.05, 3.63) is 0 Å². The van der Waals surface area contributed by atoms with Crippen molar-refractivity contribution in [3.63, 3.8) is 0 Å². The molecule has 0 saturated heterocycles. The molecule has 0 N–H and O–H groups in total. The van der Waals surface area contributed by atoms with Gasteiger partial charge in [-0.2, -0.15) is 0 Å². The summed E-state index contributed by atoms with van der Waals surface area (Å²) in [5.74, 6) is 0. The monoisotopic (exact) mass is 311 g/mol. The van der Waals surface area contributed by atoms with E-state index in [4.69, 9.17) is 17.5 Å². The summed E-state index contributed by atoms with van der Waals surface area (Å²) in [6, 6.07) is 0. The Morgan fingerprint density at radius 1 is 0.571 bits per heavy atom. The van der Waals surface area contributed by atoms with Crippen LogP contribution in [0.3, 0.4) is 0 Å². The molecule has 14 heteroatoms. The predicted molar refractivity (Wildman–Crippen MR) is 29.9 cm³/mol. The molecule has 0 aliphatic carbocycles. The van der Waals surface area contributed by atoms with E-state index in [0.29, 0.717) is 0 Å². The maximum absolute atomic E-state index is 9.20. The second-order valence-electron chi connectivity index (χ2n) is 1.22. The van der Waals surface area contributed by atoms with Crippen molar-refractivity contribution in [2.24, 2.45) is 0 Å². The molecule has 0 aromatic heterocycles. The van der Waals surface area contributed by atoms with Crippen molar-refractivity contribution in [2.45, 2.75) is 0 Å². The first kappa shape index (κ1) is 19.7. The van der Waals surface area contributed by atoms with Crippen LogP contribution in [0.25, 0.3) is 0 Å². The zero-order valence-electron chi connectivity index (χ0n) is 5.69. The van der Waals surface area contributed by atoms with Gasteiger partial charge >= 0.3 is 0 Å². The third-order valence-corrected chi connectivity index (χ3v) is 2.25. The van der Waals surface area contributed by atoms with E-state index < -0.39 is 28.7 Å². The Hall–Kier alpha value is 0.209. The number of rotatable bonds is 1. The van der Waals surface area contributed by atoms with Gasteiger partial charge in [0.2, 0.25) is 0 Å². The van der Waals surface area contributed by atoms with Gasteiger partial charge in [0.1, 0.15) is 0 Å². The van der Waals surface area contributed by atoms with Gasteiger partial charge in [-0.15, -0.1) is 0 Å². The first-order chi connectivity index (χ1) is 5.25. The molecule has 0 spiro atoms. The van der Waals surface area contributed by atoms with Crippen molar-refractivity contribution >= 4 is 28.7 Å². The molecular weight excluding hydrogens is 311 g/mol. The summed E-state index contributed by atoms with van der Waals surface area (Å²) < 4.78 is 89.3. The van der Waals surface area contributed by atoms with E-state index >= 15 is 0 Å². The molecule has 89 valence electrons. The Morgan fingerprint density at radius 3 is 0.643 bits per heavy atom. The van der Waals surface area contributed by atoms with Gasteiger partial charge in [0, 0.05) is 27.5 Å². The van der Waals surface area contributed by atoms with E-state index in [1.54, 1.807) is 0 Å². The van der Waals surface area contributed by atoms with Crippen LogP contribution < -0.4 is 0 Å². The van der Waals surface area contributed by atoms with Gasteiger partial charge in [0.05, 0.1) is 0 Å². The standard InChI is InChI=1S/Mn.H2O6S2.H2O4S/c;1-7(2,3)8(4,5)6;1-5(2,3)4/h;(H,1,2,3)(H,4,5,6);(H2,1,2,3,4)/p-4. The molecule has 0 amide bonds. The molecule has 0 heterocycles. The summed E-state index contributed by atoms with van der Waals surface area (Å²) >= 11 is 0. The average Bonchev–Trinajstić information content (AvgIpc) is 1.50. The van der Waals surface area contributed by atoms with Crippen LogP contribution in [0.1, 0.15) is 0 Å². The molecule has 1 radical (unpaired) electrons. The summed E-state index contributed by atoms with van der Waals surface area (Å²) in [5.41, 5.74) is 0. The molecule has 0 bridgehead atoms. The fourth-order valence-electron chi connectivity index (χ4n) is 0. The third-order valence-electron chi connectivity index (χ3n) is 0.250. The van der Waals surface area contributed by atoms with Gasteiger partial charge in [-0.05, 0) is 0 Å². The first-order valence-electron chi connectivity index (χ1n) is 1.83. The Kier molecular flexibility index (Phi) is 8.37. The van der Waals surface area contributed by atoms with Crippen LogP contribution in [0, 0.1) is 0 Å². The van der Waals surface area contributed by atoms with Crippen molar-refractivity contribution in [3.8, 4) is 0 Å². The Balaban J connectivity index is -0.000000177. The largest absolute Gasteiger partial charge is 0.759 e. The van der Waals surface area contributed by atoms with Gasteiger partial charge in [-0.25, -0.2) is 16.8 Å². The Morgan fingerprint density at radius 2 is 0.643 bits per heavy atom. The summed E-state index contributed by atoms with van der Waals surface area (Å²) in [7, 11) is -16.5. The minimum absolute atomic E-state index is 0. The molecule has 0 fully saturated rings. The van der Waals surface area contributed by atoms with E-state index in [1.165, 1.54) is 0 Å². The molecule has 0 unspecified atom stereocenters. The topological polar surface area (TPSA) is 195 Å². The van der Waals surface area contributed by atoms with Gasteiger partial charge in [0.15, 0.2) is 18.3 Å². The van der Waals surface area contributed by atoms with Gasteiger partial charge < -0.3 is 18.2 Å². The Labute approximate surface area is 89.3 Å². The molecule has 14 heavy (non-hydrogen) atoms. The van der Waals surface area contributed by atoms with Gasteiger partial charge in [-0.3, -0.25) is 8.42 Å². The fraction of sp³-hybridized carbons (Fsp3) is 0. The quantitative estimate of drug-likeness (QED) is 0.204. The van der Waals surface area contributed by atoms with Crippen LogP contribution in [0.5, 0.6) is 0 Å². The Bertz CT molecular complexity index is 394. The van der Waals surface area contributed by atoms with Gasteiger partial charge in [-0.1, -0.05) is 0 Å². The first-order valence-corrected chi connectivity index (χ1v) is 6.50. The number of hydrogen-bond acceptors (Lipinski definition) is 10. The molecule has 0 rings (SSSR count). The molecule has 0 aromatic rings. The molecule has 0 saturated carbocycles. The summed E-state index contributed by atoms with van der Waals surface area (Å²) in [6.07, 6.45) is 0. The predicted octanol–water partition coefficient (Wildman–Crippen LogP) is -3.35. The van der Waals surface area contributed by atoms with Crippen LogP contribution >= 0.6 is 0 Å². The van der Waals surface area contributed by atoms with Crippen molar-refractivity contribution < 1.29 is 60.5 Å². The van der Waals surface area contributed by atoms with Gasteiger partial charge in [0.25, 0.3) is 0 Å². The van der Waals surface area contributed by atoms with Crippen molar-refractivity contribution in [2.75, 3.05) is 0 Å². The zero-order valence-corrected chi connectivity index (χ0v) is 9.32. The second kappa shape index (κ2) is 5.94. The average molecular weight is 311 g/mol. The second-order valence-corrected chi connectivity index (χ2v) is 6.12. The maximum atomic E-state index is 9.20. The van der Waals surface area contributed by atoms with Crippen LogP contribution in [-0.2, 0) is 45.8 Å². The molecular formula is MnO10S3-4. The van der Waals surface area contributed by atoms with E-state index in [1.807, 2.05) is 0 Å². The van der Waals surface area contributed by atoms with Crippen LogP contribution in [0.2, 0.25) is 0 Å². The van der Waals surface area contributed by atoms with E-state index in [0.717, 1.165) is 0 Å². The maximum Gasteiger partial charge on any atom is 0.191 e. The van der Waals surface area contributed by atoms with Crippen LogP contribution in [0.15, 0.2) is 0 Å². The van der Waals surface area contributed by atoms with Crippen LogP contribution in [-0.4, -0.2) is 43.5 Å². The number of hydrogen-bond donors (Lipinski definition) is 0. The fourth-order valence-corrected chi connectivity index (χ4v) is 0. The van der Waals surface area contributed by atoms with Crippen molar-refractivity contribution in [1.29, 1.82) is 0 Å². The molecule has 0 atom stereocenters. The molecule has 0 aliphatic heterocycles. The van der Waals surface area contributed by atoms with Crippen molar-refractivity contribution in [1.82, 2.24) is 0 Å². The summed E-state index contributed by atoms with van der Waals surface area (Å²) in [5, 5.41) is 0. The van der Waals surface area contributed by atoms with E-state index in [2.05, 4.69) is 0 Å². The molecule has 0 aliphatic rings. The molecule has 0 aromatic carbocycles.